The summed E-state index contributed by atoms with van der Waals surface area (Å²) in [6.07, 6.45) is 1.14. The highest BCUT2D eigenvalue weighted by Crippen LogP contribution is 2.37. The van der Waals surface area contributed by atoms with Gasteiger partial charge in [-0.2, -0.15) is 0 Å². The van der Waals surface area contributed by atoms with Gasteiger partial charge in [0.05, 0.1) is 14.2 Å². The van der Waals surface area contributed by atoms with E-state index in [2.05, 4.69) is 0 Å². The van der Waals surface area contributed by atoms with E-state index in [0.717, 1.165) is 11.6 Å². The Morgan fingerprint density at radius 3 is 2.32 bits per heavy atom. The molecule has 0 aliphatic carbocycles. The summed E-state index contributed by atoms with van der Waals surface area (Å²) < 4.78 is 10.7. The Morgan fingerprint density at radius 1 is 1.09 bits per heavy atom. The van der Waals surface area contributed by atoms with E-state index in [9.17, 15) is 9.90 Å². The van der Waals surface area contributed by atoms with Crippen molar-refractivity contribution in [1.82, 2.24) is 0 Å². The van der Waals surface area contributed by atoms with E-state index in [1.54, 1.807) is 42.5 Å². The molecule has 0 saturated heterocycles. The van der Waals surface area contributed by atoms with E-state index >= 15 is 0 Å². The van der Waals surface area contributed by atoms with E-state index in [1.807, 2.05) is 0 Å². The van der Waals surface area contributed by atoms with Crippen molar-refractivity contribution in [3.63, 3.8) is 0 Å². The third kappa shape index (κ3) is 3.40. The molecule has 0 aliphatic rings. The first-order valence-corrected chi connectivity index (χ1v) is 6.86. The van der Waals surface area contributed by atoms with Crippen LogP contribution in [0.4, 0.5) is 0 Å². The normalized spacial score (nSPS) is 11.1. The Kier molecular flexibility index (Phi) is 5.07. The molecule has 2 aromatic rings. The van der Waals surface area contributed by atoms with Gasteiger partial charge in [-0.3, -0.25) is 0 Å². The molecule has 0 aromatic heterocycles. The van der Waals surface area contributed by atoms with Crippen LogP contribution in [0.5, 0.6) is 11.5 Å². The third-order valence-electron chi connectivity index (χ3n) is 3.12. The Morgan fingerprint density at radius 2 is 1.77 bits per heavy atom. The van der Waals surface area contributed by atoms with Gasteiger partial charge in [-0.05, 0) is 29.3 Å². The van der Waals surface area contributed by atoms with Crippen LogP contribution in [0.3, 0.4) is 0 Å². The lowest BCUT2D eigenvalue weighted by atomic mass is 9.96. The first-order chi connectivity index (χ1) is 10.6. The number of aliphatic carboxylic acids is 1. The second-order valence-corrected chi connectivity index (χ2v) is 4.88. The standard InChI is InChI=1S/C17H15ClO4/c1-21-15-5-3-4-13(17(15)22-2)14(10-16(19)20)11-6-8-12(18)9-7-11/h3-10H,1-2H3,(H,19,20)/b14-10-. The van der Waals surface area contributed by atoms with Crippen molar-refractivity contribution in [1.29, 1.82) is 0 Å². The molecule has 0 unspecified atom stereocenters. The van der Waals surface area contributed by atoms with Gasteiger partial charge in [-0.25, -0.2) is 4.79 Å². The molecular weight excluding hydrogens is 304 g/mol. The molecule has 1 N–H and O–H groups in total. The highest BCUT2D eigenvalue weighted by atomic mass is 35.5. The zero-order valence-electron chi connectivity index (χ0n) is 12.2. The Hall–Kier alpha value is -2.46. The van der Waals surface area contributed by atoms with E-state index < -0.39 is 5.97 Å². The quantitative estimate of drug-likeness (QED) is 0.850. The average molecular weight is 319 g/mol. The molecule has 5 heteroatoms. The predicted octanol–water partition coefficient (Wildman–Crippen LogP) is 3.87. The molecule has 0 fully saturated rings. The number of rotatable bonds is 5. The molecule has 0 heterocycles. The maximum atomic E-state index is 11.2. The second-order valence-electron chi connectivity index (χ2n) is 4.44. The molecule has 4 nitrogen and oxygen atoms in total. The van der Waals surface area contributed by atoms with Gasteiger partial charge < -0.3 is 14.6 Å². The SMILES string of the molecule is COc1cccc(/C(=C\C(=O)O)c2ccc(Cl)cc2)c1OC. The number of halogens is 1. The Labute approximate surface area is 133 Å². The van der Waals surface area contributed by atoms with Crippen molar-refractivity contribution < 1.29 is 19.4 Å². The van der Waals surface area contributed by atoms with Gasteiger partial charge in [0.25, 0.3) is 0 Å². The highest BCUT2D eigenvalue weighted by Gasteiger charge is 2.16. The Balaban J connectivity index is 2.66. The summed E-state index contributed by atoms with van der Waals surface area (Å²) in [5.74, 6) is -0.0347. The summed E-state index contributed by atoms with van der Waals surface area (Å²) >= 11 is 5.89. The molecule has 114 valence electrons. The van der Waals surface area contributed by atoms with Crippen LogP contribution in [0.2, 0.25) is 5.02 Å². The van der Waals surface area contributed by atoms with Crippen molar-refractivity contribution >= 4 is 23.1 Å². The molecule has 0 spiro atoms. The van der Waals surface area contributed by atoms with Crippen molar-refractivity contribution in [2.24, 2.45) is 0 Å². The Bertz CT molecular complexity index is 705. The van der Waals surface area contributed by atoms with E-state index in [-0.39, 0.29) is 0 Å². The first kappa shape index (κ1) is 15.9. The molecule has 0 aliphatic heterocycles. The maximum Gasteiger partial charge on any atom is 0.328 e. The number of benzene rings is 2. The summed E-state index contributed by atoms with van der Waals surface area (Å²) in [5.41, 5.74) is 1.87. The number of para-hydroxylation sites is 1. The number of carboxylic acid groups (broad SMARTS) is 1. The zero-order chi connectivity index (χ0) is 16.1. The lowest BCUT2D eigenvalue weighted by Gasteiger charge is -2.15. The summed E-state index contributed by atoms with van der Waals surface area (Å²) in [4.78, 5) is 11.2. The predicted molar refractivity (Wildman–Crippen MR) is 85.7 cm³/mol. The van der Waals surface area contributed by atoms with Gasteiger partial charge in [0.2, 0.25) is 0 Å². The summed E-state index contributed by atoms with van der Waals surface area (Å²) in [5, 5.41) is 9.76. The zero-order valence-corrected chi connectivity index (χ0v) is 12.9. The van der Waals surface area contributed by atoms with Gasteiger partial charge in [-0.1, -0.05) is 35.9 Å². The molecule has 2 aromatic carbocycles. The topological polar surface area (TPSA) is 55.8 Å². The molecule has 0 amide bonds. The van der Waals surface area contributed by atoms with E-state index in [0.29, 0.717) is 27.7 Å². The number of hydrogen-bond acceptors (Lipinski definition) is 3. The summed E-state index contributed by atoms with van der Waals surface area (Å²) in [6, 6.07) is 12.3. The molecule has 22 heavy (non-hydrogen) atoms. The fourth-order valence-electron chi connectivity index (χ4n) is 2.17. The van der Waals surface area contributed by atoms with E-state index in [4.69, 9.17) is 21.1 Å². The van der Waals surface area contributed by atoms with Crippen LogP contribution < -0.4 is 9.47 Å². The van der Waals surface area contributed by atoms with Gasteiger partial charge in [0.1, 0.15) is 0 Å². The third-order valence-corrected chi connectivity index (χ3v) is 3.37. The van der Waals surface area contributed by atoms with Gasteiger partial charge in [0, 0.05) is 16.7 Å². The molecule has 0 radical (unpaired) electrons. The number of carbonyl (C=O) groups is 1. The van der Waals surface area contributed by atoms with Crippen LogP contribution in [0, 0.1) is 0 Å². The minimum absolute atomic E-state index is 0.479. The van der Waals surface area contributed by atoms with Gasteiger partial charge in [0.15, 0.2) is 11.5 Å². The first-order valence-electron chi connectivity index (χ1n) is 6.48. The second kappa shape index (κ2) is 7.00. The largest absolute Gasteiger partial charge is 0.493 e. The van der Waals surface area contributed by atoms with Crippen LogP contribution in [0.25, 0.3) is 5.57 Å². The summed E-state index contributed by atoms with van der Waals surface area (Å²) in [6.45, 7) is 0. The minimum Gasteiger partial charge on any atom is -0.493 e. The summed E-state index contributed by atoms with van der Waals surface area (Å²) in [7, 11) is 3.05. The van der Waals surface area contributed by atoms with Crippen LogP contribution in [0.1, 0.15) is 11.1 Å². The molecule has 0 bridgehead atoms. The minimum atomic E-state index is -1.05. The molecule has 0 atom stereocenters. The average Bonchev–Trinajstić information content (AvgIpc) is 2.52. The van der Waals surface area contributed by atoms with E-state index in [1.165, 1.54) is 14.2 Å². The molecule has 0 saturated carbocycles. The van der Waals surface area contributed by atoms with Gasteiger partial charge >= 0.3 is 5.97 Å². The number of ether oxygens (including phenoxy) is 2. The fourth-order valence-corrected chi connectivity index (χ4v) is 2.29. The number of methoxy groups -OCH3 is 2. The monoisotopic (exact) mass is 318 g/mol. The number of hydrogen-bond donors (Lipinski definition) is 1. The molecule has 2 rings (SSSR count). The van der Waals surface area contributed by atoms with Crippen LogP contribution in [-0.2, 0) is 4.79 Å². The molecular formula is C17H15ClO4. The van der Waals surface area contributed by atoms with Crippen molar-refractivity contribution in [2.75, 3.05) is 14.2 Å². The van der Waals surface area contributed by atoms with Crippen LogP contribution in [0.15, 0.2) is 48.5 Å². The van der Waals surface area contributed by atoms with Crippen LogP contribution in [-0.4, -0.2) is 25.3 Å². The lowest BCUT2D eigenvalue weighted by Crippen LogP contribution is -1.99. The number of carboxylic acids is 1. The van der Waals surface area contributed by atoms with Crippen molar-refractivity contribution in [3.05, 3.63) is 64.7 Å². The fraction of sp³-hybridized carbons (Fsp3) is 0.118. The highest BCUT2D eigenvalue weighted by molar-refractivity contribution is 6.30. The van der Waals surface area contributed by atoms with Gasteiger partial charge in [-0.15, -0.1) is 0 Å². The smallest absolute Gasteiger partial charge is 0.328 e. The maximum absolute atomic E-state index is 11.2. The van der Waals surface area contributed by atoms with Crippen molar-refractivity contribution in [3.8, 4) is 11.5 Å². The van der Waals surface area contributed by atoms with Crippen LogP contribution >= 0.6 is 11.6 Å². The lowest BCUT2D eigenvalue weighted by molar-refractivity contribution is -0.131. The van der Waals surface area contributed by atoms with Crippen molar-refractivity contribution in [2.45, 2.75) is 0 Å².